The van der Waals surface area contributed by atoms with Gasteiger partial charge in [0.2, 0.25) is 5.13 Å². The molecule has 1 aliphatic carbocycles. The Morgan fingerprint density at radius 3 is 2.64 bits per heavy atom. The fraction of sp³-hybridized carbons (Fsp3) is 0.471. The van der Waals surface area contributed by atoms with E-state index in [0.717, 1.165) is 17.8 Å². The van der Waals surface area contributed by atoms with Gasteiger partial charge >= 0.3 is 6.03 Å². The molecule has 0 unspecified atom stereocenters. The molecule has 8 heteroatoms. The highest BCUT2D eigenvalue weighted by Crippen LogP contribution is 2.35. The number of rotatable bonds is 5. The van der Waals surface area contributed by atoms with Crippen LogP contribution in [0.3, 0.4) is 0 Å². The van der Waals surface area contributed by atoms with Crippen LogP contribution in [0.4, 0.5) is 15.6 Å². The minimum Gasteiger partial charge on any atom is -0.497 e. The van der Waals surface area contributed by atoms with Gasteiger partial charge in [0.25, 0.3) is 0 Å². The number of nitrogens with one attached hydrogen (secondary N) is 2. The van der Waals surface area contributed by atoms with Crippen molar-refractivity contribution in [2.75, 3.05) is 24.9 Å². The molecule has 134 valence electrons. The molecule has 0 spiro atoms. The molecule has 0 aliphatic heterocycles. The van der Waals surface area contributed by atoms with Crippen molar-refractivity contribution in [3.05, 3.63) is 23.2 Å². The third kappa shape index (κ3) is 4.39. The van der Waals surface area contributed by atoms with E-state index in [-0.39, 0.29) is 6.03 Å². The summed E-state index contributed by atoms with van der Waals surface area (Å²) in [4.78, 5) is 12.2. The summed E-state index contributed by atoms with van der Waals surface area (Å²) in [5.41, 5.74) is 0.554. The summed E-state index contributed by atoms with van der Waals surface area (Å²) in [6, 6.07) is 4.81. The number of hydrogen-bond donors (Lipinski definition) is 2. The van der Waals surface area contributed by atoms with E-state index in [1.807, 2.05) is 0 Å². The van der Waals surface area contributed by atoms with Gasteiger partial charge < -0.3 is 14.8 Å². The van der Waals surface area contributed by atoms with E-state index in [2.05, 4.69) is 20.8 Å². The van der Waals surface area contributed by atoms with Crippen LogP contribution in [0.25, 0.3) is 0 Å². The maximum absolute atomic E-state index is 12.2. The predicted molar refractivity (Wildman–Crippen MR) is 97.9 cm³/mol. The van der Waals surface area contributed by atoms with Crippen LogP contribution in [0.1, 0.15) is 43.0 Å². The average molecular weight is 362 g/mol. The van der Waals surface area contributed by atoms with Crippen LogP contribution < -0.4 is 20.1 Å². The van der Waals surface area contributed by atoms with Crippen LogP contribution in [-0.2, 0) is 0 Å². The van der Waals surface area contributed by atoms with E-state index >= 15 is 0 Å². The van der Waals surface area contributed by atoms with Crippen LogP contribution >= 0.6 is 11.3 Å². The highest BCUT2D eigenvalue weighted by atomic mass is 32.1. The minimum atomic E-state index is -0.380. The Labute approximate surface area is 150 Å². The van der Waals surface area contributed by atoms with E-state index in [0.29, 0.717) is 28.2 Å². The average Bonchev–Trinajstić information content (AvgIpc) is 3.11. The SMILES string of the molecule is COc1ccc(NC(=O)Nc2nnc(C3CCCCC3)s2)c(OC)c1. The monoisotopic (exact) mass is 362 g/mol. The largest absolute Gasteiger partial charge is 0.497 e. The Morgan fingerprint density at radius 2 is 1.92 bits per heavy atom. The van der Waals surface area contributed by atoms with Crippen molar-refractivity contribution in [3.8, 4) is 11.5 Å². The molecule has 1 fully saturated rings. The molecule has 1 aromatic heterocycles. The summed E-state index contributed by atoms with van der Waals surface area (Å²) >= 11 is 1.45. The lowest BCUT2D eigenvalue weighted by molar-refractivity contribution is 0.262. The second-order valence-corrected chi connectivity index (χ2v) is 6.93. The quantitative estimate of drug-likeness (QED) is 0.830. The lowest BCUT2D eigenvalue weighted by Crippen LogP contribution is -2.19. The standard InChI is InChI=1S/C17H22N4O3S/c1-23-12-8-9-13(14(10-12)24-2)18-16(22)19-17-21-20-15(25-17)11-6-4-3-5-7-11/h8-11H,3-7H2,1-2H3,(H2,18,19,21,22). The number of hydrogen-bond acceptors (Lipinski definition) is 6. The summed E-state index contributed by atoms with van der Waals surface area (Å²) in [5, 5.41) is 15.3. The number of aromatic nitrogens is 2. The topological polar surface area (TPSA) is 85.4 Å². The normalized spacial score (nSPS) is 14.8. The molecular weight excluding hydrogens is 340 g/mol. The summed E-state index contributed by atoms with van der Waals surface area (Å²) < 4.78 is 10.4. The van der Waals surface area contributed by atoms with Crippen LogP contribution in [0.15, 0.2) is 18.2 Å². The zero-order valence-corrected chi connectivity index (χ0v) is 15.2. The molecular formula is C17H22N4O3S. The van der Waals surface area contributed by atoms with Crippen molar-refractivity contribution in [2.24, 2.45) is 0 Å². The molecule has 0 bridgehead atoms. The van der Waals surface area contributed by atoms with Crippen molar-refractivity contribution in [3.63, 3.8) is 0 Å². The van der Waals surface area contributed by atoms with Crippen molar-refractivity contribution < 1.29 is 14.3 Å². The van der Waals surface area contributed by atoms with E-state index < -0.39 is 0 Å². The van der Waals surface area contributed by atoms with Gasteiger partial charge in [-0.2, -0.15) is 0 Å². The molecule has 3 rings (SSSR count). The van der Waals surface area contributed by atoms with Gasteiger partial charge in [0.1, 0.15) is 16.5 Å². The van der Waals surface area contributed by atoms with Crippen LogP contribution in [0.2, 0.25) is 0 Å². The number of benzene rings is 1. The van der Waals surface area contributed by atoms with Crippen molar-refractivity contribution >= 4 is 28.2 Å². The third-order valence-corrected chi connectivity index (χ3v) is 5.27. The number of urea groups is 1. The zero-order chi connectivity index (χ0) is 17.6. The highest BCUT2D eigenvalue weighted by Gasteiger charge is 2.20. The third-order valence-electron chi connectivity index (χ3n) is 4.27. The summed E-state index contributed by atoms with van der Waals surface area (Å²) in [6.07, 6.45) is 6.09. The maximum Gasteiger partial charge on any atom is 0.325 e. The number of methoxy groups -OCH3 is 2. The van der Waals surface area contributed by atoms with Crippen LogP contribution in [0.5, 0.6) is 11.5 Å². The fourth-order valence-electron chi connectivity index (χ4n) is 2.95. The van der Waals surface area contributed by atoms with Gasteiger partial charge in [-0.25, -0.2) is 4.79 Å². The van der Waals surface area contributed by atoms with E-state index in [4.69, 9.17) is 9.47 Å². The molecule has 2 amide bonds. The molecule has 2 N–H and O–H groups in total. The number of carbonyl (C=O) groups excluding carboxylic acids is 1. The highest BCUT2D eigenvalue weighted by molar-refractivity contribution is 7.15. The Kier molecular flexibility index (Phi) is 5.70. The first-order valence-corrected chi connectivity index (χ1v) is 9.14. The molecule has 7 nitrogen and oxygen atoms in total. The fourth-order valence-corrected chi connectivity index (χ4v) is 3.86. The van der Waals surface area contributed by atoms with Gasteiger partial charge in [-0.3, -0.25) is 5.32 Å². The van der Waals surface area contributed by atoms with Crippen LogP contribution in [0, 0.1) is 0 Å². The zero-order valence-electron chi connectivity index (χ0n) is 14.4. The number of nitrogens with zero attached hydrogens (tertiary/aromatic N) is 2. The van der Waals surface area contributed by atoms with Gasteiger partial charge in [0, 0.05) is 12.0 Å². The molecule has 25 heavy (non-hydrogen) atoms. The molecule has 0 radical (unpaired) electrons. The van der Waals surface area contributed by atoms with Gasteiger partial charge in [0.05, 0.1) is 19.9 Å². The van der Waals surface area contributed by atoms with Crippen LogP contribution in [-0.4, -0.2) is 30.4 Å². The first-order chi connectivity index (χ1) is 12.2. The smallest absolute Gasteiger partial charge is 0.325 e. The Bertz CT molecular complexity index is 728. The summed E-state index contributed by atoms with van der Waals surface area (Å²) in [5.74, 6) is 1.66. The number of amides is 2. The maximum atomic E-state index is 12.2. The van der Waals surface area contributed by atoms with Crippen molar-refractivity contribution in [2.45, 2.75) is 38.0 Å². The Hall–Kier alpha value is -2.35. The lowest BCUT2D eigenvalue weighted by Gasteiger charge is -2.18. The minimum absolute atomic E-state index is 0.380. The number of anilines is 2. The Balaban J connectivity index is 1.62. The van der Waals surface area contributed by atoms with Gasteiger partial charge in [-0.15, -0.1) is 10.2 Å². The second kappa shape index (κ2) is 8.15. The van der Waals surface area contributed by atoms with Crippen molar-refractivity contribution in [1.29, 1.82) is 0 Å². The molecule has 0 atom stereocenters. The first kappa shape index (κ1) is 17.5. The summed E-state index contributed by atoms with van der Waals surface area (Å²) in [7, 11) is 3.12. The molecule has 1 aliphatic rings. The molecule has 1 aromatic carbocycles. The number of ether oxygens (including phenoxy) is 2. The summed E-state index contributed by atoms with van der Waals surface area (Å²) in [6.45, 7) is 0. The Morgan fingerprint density at radius 1 is 1.12 bits per heavy atom. The van der Waals surface area contributed by atoms with Gasteiger partial charge in [-0.05, 0) is 25.0 Å². The van der Waals surface area contributed by atoms with E-state index in [1.54, 1.807) is 32.4 Å². The first-order valence-electron chi connectivity index (χ1n) is 8.33. The van der Waals surface area contributed by atoms with Gasteiger partial charge in [-0.1, -0.05) is 30.6 Å². The molecule has 1 heterocycles. The van der Waals surface area contributed by atoms with E-state index in [9.17, 15) is 4.79 Å². The van der Waals surface area contributed by atoms with E-state index in [1.165, 1.54) is 30.6 Å². The van der Waals surface area contributed by atoms with Gasteiger partial charge in [0.15, 0.2) is 0 Å². The lowest BCUT2D eigenvalue weighted by atomic mass is 9.90. The molecule has 2 aromatic rings. The molecule has 1 saturated carbocycles. The molecule has 0 saturated heterocycles. The number of carbonyl (C=O) groups is 1. The second-order valence-electron chi connectivity index (χ2n) is 5.93. The predicted octanol–water partition coefficient (Wildman–Crippen LogP) is 4.25. The van der Waals surface area contributed by atoms with Crippen molar-refractivity contribution in [1.82, 2.24) is 10.2 Å².